The molecule has 0 aliphatic rings. The van der Waals surface area contributed by atoms with Gasteiger partial charge in [0.2, 0.25) is 0 Å². The second-order valence-corrected chi connectivity index (χ2v) is 14.4. The van der Waals surface area contributed by atoms with E-state index in [1.165, 1.54) is 167 Å². The van der Waals surface area contributed by atoms with Crippen molar-refractivity contribution in [3.8, 4) is 0 Å². The van der Waals surface area contributed by atoms with Crippen LogP contribution < -0.4 is 10.2 Å². The summed E-state index contributed by atoms with van der Waals surface area (Å²) in [6.45, 7) is 7.24. The van der Waals surface area contributed by atoms with Crippen LogP contribution in [-0.4, -0.2) is 81.8 Å². The van der Waals surface area contributed by atoms with Gasteiger partial charge in [-0.25, -0.2) is 0 Å². The van der Waals surface area contributed by atoms with Crippen molar-refractivity contribution in [1.82, 2.24) is 0 Å². The quantitative estimate of drug-likeness (QED) is 0.0630. The van der Waals surface area contributed by atoms with Crippen LogP contribution in [0.15, 0.2) is 0 Å². The van der Waals surface area contributed by atoms with Crippen LogP contribution in [0.5, 0.6) is 0 Å². The Morgan fingerprint density at radius 2 is 0.535 bits per heavy atom. The zero-order chi connectivity index (χ0) is 32.5. The highest BCUT2D eigenvalue weighted by molar-refractivity contribution is 6.25. The Labute approximate surface area is 269 Å². The van der Waals surface area contributed by atoms with E-state index in [2.05, 4.69) is 56.1 Å². The summed E-state index contributed by atoms with van der Waals surface area (Å²) in [6.07, 6.45) is 34.8. The van der Waals surface area contributed by atoms with Gasteiger partial charge in [0.1, 0.15) is 0 Å². The first-order valence-electron chi connectivity index (χ1n) is 17.8. The molecule has 0 amide bonds. The highest BCUT2D eigenvalue weighted by atomic mass is 16.4. The van der Waals surface area contributed by atoms with Gasteiger partial charge in [-0.2, -0.15) is 0 Å². The molecule has 0 saturated carbocycles. The molecule has 0 aromatic carbocycles. The zero-order valence-corrected chi connectivity index (χ0v) is 30.4. The third kappa shape index (κ3) is 57.1. The van der Waals surface area contributed by atoms with Gasteiger partial charge in [-0.1, -0.05) is 142 Å². The predicted molar refractivity (Wildman–Crippen MR) is 182 cm³/mol. The zero-order valence-electron chi connectivity index (χ0n) is 30.4. The average Bonchev–Trinajstić information content (AvgIpc) is 2.89. The van der Waals surface area contributed by atoms with Crippen LogP contribution in [0.3, 0.4) is 0 Å². The molecule has 0 spiro atoms. The lowest BCUT2D eigenvalue weighted by Crippen LogP contribution is -2.42. The van der Waals surface area contributed by atoms with Crippen LogP contribution in [0.25, 0.3) is 0 Å². The van der Waals surface area contributed by atoms with Crippen molar-refractivity contribution >= 4 is 11.9 Å². The van der Waals surface area contributed by atoms with Gasteiger partial charge in [0.15, 0.2) is 0 Å². The molecule has 262 valence electrons. The van der Waals surface area contributed by atoms with Gasteiger partial charge in [-0.15, -0.1) is 0 Å². The molecule has 0 heterocycles. The van der Waals surface area contributed by atoms with E-state index in [1.807, 2.05) is 0 Å². The minimum atomic E-state index is -2.19. The van der Waals surface area contributed by atoms with Crippen molar-refractivity contribution in [2.45, 2.75) is 168 Å². The lowest BCUT2D eigenvalue weighted by molar-refractivity contribution is -0.870. The fraction of sp³-hybridized carbons (Fsp3) is 0.944. The molecular formula is C36H78N2O5. The molecule has 0 aromatic heterocycles. The number of aliphatic carboxylic acids is 2. The van der Waals surface area contributed by atoms with Gasteiger partial charge < -0.3 is 34.2 Å². The summed E-state index contributed by atoms with van der Waals surface area (Å²) in [5, 5.41) is 17.9. The highest BCUT2D eigenvalue weighted by Gasteiger charge is 2.05. The van der Waals surface area contributed by atoms with Crippen LogP contribution in [0, 0.1) is 0 Å². The summed E-state index contributed by atoms with van der Waals surface area (Å²) >= 11 is 0. The smallest absolute Gasteiger partial charge is 0.0870 e. The molecule has 0 aliphatic heterocycles. The second-order valence-electron chi connectivity index (χ2n) is 14.4. The Hall–Kier alpha value is -1.18. The highest BCUT2D eigenvalue weighted by Crippen LogP contribution is 2.13. The maximum absolute atomic E-state index is 8.93. The van der Waals surface area contributed by atoms with Crippen molar-refractivity contribution in [2.75, 3.05) is 55.4 Å². The monoisotopic (exact) mass is 619 g/mol. The molecule has 7 nitrogen and oxygen atoms in total. The number of quaternary nitrogens is 2. The minimum absolute atomic E-state index is 0. The largest absolute Gasteiger partial charge is 0.543 e. The van der Waals surface area contributed by atoms with Gasteiger partial charge >= 0.3 is 0 Å². The van der Waals surface area contributed by atoms with Crippen molar-refractivity contribution < 1.29 is 34.2 Å². The van der Waals surface area contributed by atoms with E-state index in [9.17, 15) is 0 Å². The third-order valence-electron chi connectivity index (χ3n) is 7.53. The van der Waals surface area contributed by atoms with E-state index < -0.39 is 11.9 Å². The number of rotatable bonds is 26. The van der Waals surface area contributed by atoms with E-state index >= 15 is 0 Å². The maximum atomic E-state index is 8.93. The molecule has 0 rings (SSSR count). The van der Waals surface area contributed by atoms with Crippen LogP contribution in [-0.2, 0) is 9.59 Å². The summed E-state index contributed by atoms with van der Waals surface area (Å²) in [6, 6.07) is 0. The van der Waals surface area contributed by atoms with Crippen molar-refractivity contribution in [3.63, 3.8) is 0 Å². The lowest BCUT2D eigenvalue weighted by Gasteiger charge is -2.23. The van der Waals surface area contributed by atoms with E-state index in [1.54, 1.807) is 0 Å². The maximum Gasteiger partial charge on any atom is 0.0870 e. The molecule has 43 heavy (non-hydrogen) atoms. The molecular weight excluding hydrogens is 540 g/mol. The first-order valence-corrected chi connectivity index (χ1v) is 17.8. The molecule has 7 heteroatoms. The van der Waals surface area contributed by atoms with E-state index in [4.69, 9.17) is 19.8 Å². The fourth-order valence-corrected chi connectivity index (χ4v) is 4.85. The third-order valence-corrected chi connectivity index (χ3v) is 7.53. The molecule has 0 fully saturated rings. The number of hydrogen-bond acceptors (Lipinski definition) is 4. The molecule has 0 unspecified atom stereocenters. The molecule has 0 aliphatic carbocycles. The Bertz CT molecular complexity index is 521. The summed E-state index contributed by atoms with van der Waals surface area (Å²) in [5.41, 5.74) is 0. The first-order chi connectivity index (χ1) is 19.8. The Morgan fingerprint density at radius 3 is 0.674 bits per heavy atom. The number of carboxylic acids is 2. The Kier molecular flexibility index (Phi) is 40.0. The lowest BCUT2D eigenvalue weighted by atomic mass is 10.1. The summed E-state index contributed by atoms with van der Waals surface area (Å²) in [7, 11) is 13.7. The SMILES string of the molecule is CCCCCCCCCCCCCC[N+](C)(C)C.CCCCCCCCCCCCCC[N+](C)(C)C.O.O=C([O-])C(=O)[O-]. The number of nitrogens with zero attached hydrogens (tertiary/aromatic N) is 2. The van der Waals surface area contributed by atoms with E-state index in [0.717, 1.165) is 8.97 Å². The van der Waals surface area contributed by atoms with E-state index in [-0.39, 0.29) is 5.48 Å². The van der Waals surface area contributed by atoms with Gasteiger partial charge in [0.25, 0.3) is 0 Å². The summed E-state index contributed by atoms with van der Waals surface area (Å²) in [5.74, 6) is -4.37. The van der Waals surface area contributed by atoms with Crippen LogP contribution in [0.1, 0.15) is 168 Å². The number of unbranched alkanes of at least 4 members (excludes halogenated alkanes) is 22. The topological polar surface area (TPSA) is 112 Å². The molecule has 0 atom stereocenters. The molecule has 0 aromatic rings. The normalized spacial score (nSPS) is 11.1. The summed E-state index contributed by atoms with van der Waals surface area (Å²) < 4.78 is 2.25. The van der Waals surface area contributed by atoms with Gasteiger partial charge in [-0.3, -0.25) is 0 Å². The standard InChI is InChI=1S/2C17H38N.C2H2O4.H2O/c2*1-5-6-7-8-9-10-11-12-13-14-15-16-17-18(2,3)4;3-1(4)2(5)6;/h2*5-17H2,1-4H3;(H,3,4)(H,5,6);1H2/q2*+1;;/p-2. The number of carboxylic acid groups (broad SMARTS) is 2. The van der Waals surface area contributed by atoms with E-state index in [0.29, 0.717) is 0 Å². The number of carbonyl (C=O) groups is 2. The fourth-order valence-electron chi connectivity index (χ4n) is 4.85. The van der Waals surface area contributed by atoms with Crippen molar-refractivity contribution in [3.05, 3.63) is 0 Å². The first kappa shape index (κ1) is 48.7. The minimum Gasteiger partial charge on any atom is -0.543 e. The van der Waals surface area contributed by atoms with Crippen LogP contribution in [0.2, 0.25) is 0 Å². The van der Waals surface area contributed by atoms with Crippen LogP contribution in [0.4, 0.5) is 0 Å². The number of carbonyl (C=O) groups excluding carboxylic acids is 2. The molecule has 2 N–H and O–H groups in total. The van der Waals surface area contributed by atoms with Gasteiger partial charge in [0, 0.05) is 0 Å². The van der Waals surface area contributed by atoms with Crippen LogP contribution >= 0.6 is 0 Å². The molecule has 0 radical (unpaired) electrons. The van der Waals surface area contributed by atoms with Gasteiger partial charge in [0.05, 0.1) is 67.3 Å². The van der Waals surface area contributed by atoms with Gasteiger partial charge in [-0.05, 0) is 25.7 Å². The van der Waals surface area contributed by atoms with Crippen molar-refractivity contribution in [2.24, 2.45) is 0 Å². The Balaban J connectivity index is -0.000000292. The summed E-state index contributed by atoms with van der Waals surface area (Å²) in [4.78, 5) is 17.9. The predicted octanol–water partition coefficient (Wildman–Crippen LogP) is 6.45. The second kappa shape index (κ2) is 35.3. The van der Waals surface area contributed by atoms with Crippen molar-refractivity contribution in [1.29, 1.82) is 0 Å². The average molecular weight is 619 g/mol. The Morgan fingerprint density at radius 1 is 0.372 bits per heavy atom. The number of hydrogen-bond donors (Lipinski definition) is 0. The molecule has 0 bridgehead atoms. The molecule has 0 saturated heterocycles.